The number of hydrogen-bond acceptors (Lipinski definition) is 1. The highest BCUT2D eigenvalue weighted by Gasteiger charge is 2.18. The first kappa shape index (κ1) is 12.6. The van der Waals surface area contributed by atoms with Gasteiger partial charge in [-0.25, -0.2) is 4.57 Å². The molecule has 0 N–H and O–H groups in total. The van der Waals surface area contributed by atoms with Crippen LogP contribution in [0.2, 0.25) is 5.02 Å². The van der Waals surface area contributed by atoms with E-state index >= 15 is 0 Å². The summed E-state index contributed by atoms with van der Waals surface area (Å²) >= 11 is 9.96. The average molecular weight is 335 g/mol. The van der Waals surface area contributed by atoms with Gasteiger partial charge in [-0.2, -0.15) is 0 Å². The lowest BCUT2D eigenvalue weighted by Crippen LogP contribution is -2.30. The first-order chi connectivity index (χ1) is 9.16. The maximum absolute atomic E-state index is 6.42. The van der Waals surface area contributed by atoms with Crippen molar-refractivity contribution < 1.29 is 4.57 Å². The molecule has 2 nitrogen and oxygen atoms in total. The molecule has 1 aromatic carbocycles. The van der Waals surface area contributed by atoms with Crippen molar-refractivity contribution in [2.45, 2.75) is 6.92 Å². The fraction of sp³-hybridized carbons (Fsp3) is 0.0667. The van der Waals surface area contributed by atoms with Crippen molar-refractivity contribution in [3.8, 4) is 5.82 Å². The third-order valence-electron chi connectivity index (χ3n) is 2.98. The minimum absolute atomic E-state index is 0.718. The molecule has 0 aliphatic heterocycles. The summed E-state index contributed by atoms with van der Waals surface area (Å²) in [6.45, 7) is 2.04. The molecule has 3 rings (SSSR count). The molecular formula is C15H11BrClN2+. The molecule has 19 heavy (non-hydrogen) atoms. The number of fused-ring (bicyclic) bond motifs is 1. The van der Waals surface area contributed by atoms with Crippen LogP contribution in [0.4, 0.5) is 0 Å². The van der Waals surface area contributed by atoms with Gasteiger partial charge in [-0.3, -0.25) is 0 Å². The highest BCUT2D eigenvalue weighted by molar-refractivity contribution is 9.10. The first-order valence-corrected chi connectivity index (χ1v) is 7.05. The number of hydrogen-bond donors (Lipinski definition) is 0. The smallest absolute Gasteiger partial charge is 0.203 e. The maximum Gasteiger partial charge on any atom is 0.336 e. The van der Waals surface area contributed by atoms with E-state index < -0.39 is 0 Å². The molecule has 2 aromatic heterocycles. The second-order valence-electron chi connectivity index (χ2n) is 4.38. The van der Waals surface area contributed by atoms with Gasteiger partial charge in [0.25, 0.3) is 0 Å². The molecule has 0 saturated carbocycles. The van der Waals surface area contributed by atoms with Gasteiger partial charge in [0.05, 0.1) is 27.3 Å². The summed E-state index contributed by atoms with van der Waals surface area (Å²) in [6, 6.07) is 9.99. The molecule has 0 saturated heterocycles. The molecule has 0 radical (unpaired) electrons. The Hall–Kier alpha value is -1.45. The Morgan fingerprint density at radius 3 is 2.63 bits per heavy atom. The molecule has 4 heteroatoms. The first-order valence-electron chi connectivity index (χ1n) is 5.88. The number of rotatable bonds is 1. The number of aromatic nitrogens is 2. The molecule has 0 fully saturated rings. The number of benzene rings is 1. The predicted molar refractivity (Wildman–Crippen MR) is 80.7 cm³/mol. The summed E-state index contributed by atoms with van der Waals surface area (Å²) in [5.41, 5.74) is 1.13. The van der Waals surface area contributed by atoms with E-state index in [-0.39, 0.29) is 0 Å². The van der Waals surface area contributed by atoms with Crippen molar-refractivity contribution in [2.24, 2.45) is 0 Å². The summed E-state index contributed by atoms with van der Waals surface area (Å²) in [5.74, 6) is 0.837. The van der Waals surface area contributed by atoms with E-state index in [9.17, 15) is 0 Å². The van der Waals surface area contributed by atoms with E-state index in [1.807, 2.05) is 54.3 Å². The second-order valence-corrected chi connectivity index (χ2v) is 5.64. The van der Waals surface area contributed by atoms with Gasteiger partial charge in [0.2, 0.25) is 0 Å². The van der Waals surface area contributed by atoms with Crippen LogP contribution in [0.1, 0.15) is 5.56 Å². The van der Waals surface area contributed by atoms with Crippen LogP contribution in [0.5, 0.6) is 0 Å². The molecule has 0 unspecified atom stereocenters. The molecule has 0 bridgehead atoms. The lowest BCUT2D eigenvalue weighted by Gasteiger charge is -2.05. The highest BCUT2D eigenvalue weighted by Crippen LogP contribution is 2.32. The SMILES string of the molecule is Cc1cc(Cl)c2c(-[n+]3ccccc3)ncc(Br)c2c1. The lowest BCUT2D eigenvalue weighted by molar-refractivity contribution is -0.598. The minimum atomic E-state index is 0.718. The molecule has 2 heterocycles. The predicted octanol–water partition coefficient (Wildman–Crippen LogP) is 4.24. The van der Waals surface area contributed by atoms with E-state index in [2.05, 4.69) is 27.0 Å². The van der Waals surface area contributed by atoms with Crippen LogP contribution in [0.15, 0.2) is 53.4 Å². The van der Waals surface area contributed by atoms with Crippen molar-refractivity contribution >= 4 is 38.3 Å². The zero-order valence-corrected chi connectivity index (χ0v) is 12.6. The van der Waals surface area contributed by atoms with Crippen LogP contribution in [-0.4, -0.2) is 4.98 Å². The zero-order valence-electron chi connectivity index (χ0n) is 10.3. The number of pyridine rings is 2. The van der Waals surface area contributed by atoms with Gasteiger partial charge in [-0.05, 0) is 57.7 Å². The van der Waals surface area contributed by atoms with Gasteiger partial charge < -0.3 is 0 Å². The fourth-order valence-electron chi connectivity index (χ4n) is 2.15. The van der Waals surface area contributed by atoms with Crippen LogP contribution in [0.25, 0.3) is 16.6 Å². The van der Waals surface area contributed by atoms with Crippen LogP contribution >= 0.6 is 27.5 Å². The molecule has 0 aliphatic rings. The molecule has 94 valence electrons. The number of aryl methyl sites for hydroxylation is 1. The zero-order chi connectivity index (χ0) is 13.4. The van der Waals surface area contributed by atoms with E-state index in [0.29, 0.717) is 0 Å². The normalized spacial score (nSPS) is 10.9. The average Bonchev–Trinajstić information content (AvgIpc) is 2.41. The Morgan fingerprint density at radius 1 is 1.16 bits per heavy atom. The molecule has 3 aromatic rings. The Balaban J connectivity index is 2.42. The highest BCUT2D eigenvalue weighted by atomic mass is 79.9. The summed E-state index contributed by atoms with van der Waals surface area (Å²) in [6.07, 6.45) is 5.74. The van der Waals surface area contributed by atoms with Crippen LogP contribution < -0.4 is 4.57 Å². The van der Waals surface area contributed by atoms with Gasteiger partial charge in [-0.15, -0.1) is 0 Å². The van der Waals surface area contributed by atoms with Crippen LogP contribution in [-0.2, 0) is 0 Å². The minimum Gasteiger partial charge on any atom is -0.203 e. The van der Waals surface area contributed by atoms with Gasteiger partial charge in [-0.1, -0.05) is 17.7 Å². The standard InChI is InChI=1S/C15H11BrClN2/c1-10-7-11-12(16)9-18-15(14(11)13(17)8-10)19-5-3-2-4-6-19/h2-9H,1H3/q+1. The van der Waals surface area contributed by atoms with Crippen molar-refractivity contribution in [1.82, 2.24) is 4.98 Å². The largest absolute Gasteiger partial charge is 0.336 e. The van der Waals surface area contributed by atoms with Crippen molar-refractivity contribution in [1.29, 1.82) is 0 Å². The van der Waals surface area contributed by atoms with E-state index in [1.54, 1.807) is 0 Å². The number of nitrogens with zero attached hydrogens (tertiary/aromatic N) is 2. The van der Waals surface area contributed by atoms with E-state index in [1.165, 1.54) is 0 Å². The monoisotopic (exact) mass is 333 g/mol. The van der Waals surface area contributed by atoms with Crippen molar-refractivity contribution in [3.05, 3.63) is 64.0 Å². The third kappa shape index (κ3) is 2.24. The quantitative estimate of drug-likeness (QED) is 0.608. The lowest BCUT2D eigenvalue weighted by atomic mass is 10.1. The summed E-state index contributed by atoms with van der Waals surface area (Å²) in [7, 11) is 0. The molecule has 0 spiro atoms. The summed E-state index contributed by atoms with van der Waals surface area (Å²) in [5, 5.41) is 2.75. The Morgan fingerprint density at radius 2 is 1.89 bits per heavy atom. The molecular weight excluding hydrogens is 324 g/mol. The maximum atomic E-state index is 6.42. The fourth-order valence-corrected chi connectivity index (χ4v) is 2.92. The number of halogens is 2. The summed E-state index contributed by atoms with van der Waals surface area (Å²) < 4.78 is 2.92. The van der Waals surface area contributed by atoms with Gasteiger partial charge in [0, 0.05) is 5.39 Å². The van der Waals surface area contributed by atoms with Gasteiger partial charge in [0.15, 0.2) is 6.20 Å². The van der Waals surface area contributed by atoms with Crippen molar-refractivity contribution in [2.75, 3.05) is 0 Å². The topological polar surface area (TPSA) is 16.8 Å². The van der Waals surface area contributed by atoms with Gasteiger partial charge in [0.1, 0.15) is 0 Å². The van der Waals surface area contributed by atoms with Crippen LogP contribution in [0, 0.1) is 6.92 Å². The molecule has 0 amide bonds. The van der Waals surface area contributed by atoms with Crippen molar-refractivity contribution in [3.63, 3.8) is 0 Å². The Bertz CT molecular complexity index is 757. The summed E-state index contributed by atoms with van der Waals surface area (Å²) in [4.78, 5) is 4.50. The Labute approximate surface area is 124 Å². The van der Waals surface area contributed by atoms with E-state index in [4.69, 9.17) is 11.6 Å². The second kappa shape index (κ2) is 4.91. The molecule has 0 aliphatic carbocycles. The Kier molecular flexibility index (Phi) is 3.25. The van der Waals surface area contributed by atoms with E-state index in [0.717, 1.165) is 31.6 Å². The van der Waals surface area contributed by atoms with Gasteiger partial charge >= 0.3 is 5.82 Å². The molecule has 0 atom stereocenters. The third-order valence-corrected chi connectivity index (χ3v) is 3.91. The van der Waals surface area contributed by atoms with Crippen LogP contribution in [0.3, 0.4) is 0 Å².